The van der Waals surface area contributed by atoms with Crippen LogP contribution in [0.4, 0.5) is 0 Å². The Balaban J connectivity index is 1.44. The minimum atomic E-state index is 0.0752. The zero-order valence-electron chi connectivity index (χ0n) is 15.2. The summed E-state index contributed by atoms with van der Waals surface area (Å²) in [4.78, 5) is 19.1. The van der Waals surface area contributed by atoms with Crippen LogP contribution in [0.25, 0.3) is 11.4 Å². The maximum absolute atomic E-state index is 12.6. The second kappa shape index (κ2) is 6.78. The number of likely N-dealkylation sites (tertiary alicyclic amines) is 1. The summed E-state index contributed by atoms with van der Waals surface area (Å²) in [7, 11) is 0. The number of rotatable bonds is 5. The average molecular weight is 349 g/mol. The van der Waals surface area contributed by atoms with Gasteiger partial charge in [0, 0.05) is 55.7 Å². The predicted octanol–water partition coefficient (Wildman–Crippen LogP) is 2.85. The van der Waals surface area contributed by atoms with Crippen molar-refractivity contribution in [2.24, 2.45) is 5.92 Å². The Labute approximate surface area is 153 Å². The van der Waals surface area contributed by atoms with Crippen LogP contribution in [0, 0.1) is 12.8 Å². The third-order valence-electron chi connectivity index (χ3n) is 5.01. The Morgan fingerprint density at radius 2 is 1.96 bits per heavy atom. The molecular weight excluding hydrogens is 326 g/mol. The molecule has 0 bridgehead atoms. The lowest BCUT2D eigenvalue weighted by molar-refractivity contribution is 0.0456. The highest BCUT2D eigenvalue weighted by Gasteiger charge is 2.33. The first-order valence-electron chi connectivity index (χ1n) is 9.06. The van der Waals surface area contributed by atoms with Crippen LogP contribution in [0.3, 0.4) is 0 Å². The summed E-state index contributed by atoms with van der Waals surface area (Å²) in [5, 5.41) is 4.19. The molecule has 26 heavy (non-hydrogen) atoms. The first-order valence-corrected chi connectivity index (χ1v) is 9.06. The highest BCUT2D eigenvalue weighted by molar-refractivity contribution is 5.93. The van der Waals surface area contributed by atoms with Crippen molar-refractivity contribution in [3.8, 4) is 11.4 Å². The van der Waals surface area contributed by atoms with Crippen LogP contribution in [0.2, 0.25) is 0 Å². The standard InChI is InChI=1S/C20H23N5O/c1-3-25-18(9-10-22-25)20(26)23-12-16(13-23)14-24-15(2)11-21-19(24)17-7-5-4-6-8-17/h4-11,16H,3,12-14H2,1-2H3. The van der Waals surface area contributed by atoms with Gasteiger partial charge in [0.25, 0.3) is 5.91 Å². The second-order valence-corrected chi connectivity index (χ2v) is 6.81. The number of hydrogen-bond acceptors (Lipinski definition) is 3. The third kappa shape index (κ3) is 2.92. The smallest absolute Gasteiger partial charge is 0.272 e. The van der Waals surface area contributed by atoms with Crippen molar-refractivity contribution in [1.29, 1.82) is 0 Å². The molecular formula is C20H23N5O. The fraction of sp³-hybridized carbons (Fsp3) is 0.350. The van der Waals surface area contributed by atoms with Gasteiger partial charge in [-0.05, 0) is 19.9 Å². The summed E-state index contributed by atoms with van der Waals surface area (Å²) in [5.41, 5.74) is 2.95. The fourth-order valence-corrected chi connectivity index (χ4v) is 3.55. The molecule has 1 aromatic carbocycles. The summed E-state index contributed by atoms with van der Waals surface area (Å²) in [5.74, 6) is 1.52. The number of amides is 1. The van der Waals surface area contributed by atoms with Crippen LogP contribution >= 0.6 is 0 Å². The summed E-state index contributed by atoms with van der Waals surface area (Å²) in [6, 6.07) is 12.0. The normalized spacial score (nSPS) is 14.5. The Hall–Kier alpha value is -2.89. The van der Waals surface area contributed by atoms with Crippen LogP contribution in [0.15, 0.2) is 48.8 Å². The van der Waals surface area contributed by atoms with Gasteiger partial charge in [-0.15, -0.1) is 0 Å². The number of carbonyl (C=O) groups excluding carboxylic acids is 1. The molecule has 1 amide bonds. The quantitative estimate of drug-likeness (QED) is 0.712. The summed E-state index contributed by atoms with van der Waals surface area (Å²) in [6.07, 6.45) is 3.61. The molecule has 1 aliphatic rings. The number of hydrogen-bond donors (Lipinski definition) is 0. The monoisotopic (exact) mass is 349 g/mol. The molecule has 0 N–H and O–H groups in total. The highest BCUT2D eigenvalue weighted by atomic mass is 16.2. The molecule has 6 heteroatoms. The van der Waals surface area contributed by atoms with Crippen LogP contribution in [0.5, 0.6) is 0 Å². The molecule has 3 heterocycles. The van der Waals surface area contributed by atoms with E-state index in [1.54, 1.807) is 16.9 Å². The van der Waals surface area contributed by atoms with Gasteiger partial charge in [0.05, 0.1) is 0 Å². The number of benzene rings is 1. The largest absolute Gasteiger partial charge is 0.336 e. The van der Waals surface area contributed by atoms with E-state index in [1.807, 2.05) is 36.2 Å². The summed E-state index contributed by atoms with van der Waals surface area (Å²) >= 11 is 0. The molecule has 0 unspecified atom stereocenters. The first kappa shape index (κ1) is 16.6. The Morgan fingerprint density at radius 1 is 1.19 bits per heavy atom. The molecule has 1 aliphatic heterocycles. The predicted molar refractivity (Wildman–Crippen MR) is 99.7 cm³/mol. The van der Waals surface area contributed by atoms with Crippen LogP contribution in [-0.4, -0.2) is 43.2 Å². The molecule has 0 spiro atoms. The van der Waals surface area contributed by atoms with Gasteiger partial charge in [0.15, 0.2) is 0 Å². The molecule has 3 aromatic rings. The lowest BCUT2D eigenvalue weighted by Gasteiger charge is -2.39. The number of aromatic nitrogens is 4. The van der Waals surface area contributed by atoms with Gasteiger partial charge in [-0.2, -0.15) is 5.10 Å². The molecule has 1 saturated heterocycles. The molecule has 1 fully saturated rings. The molecule has 0 atom stereocenters. The Kier molecular flexibility index (Phi) is 4.32. The molecule has 2 aromatic heterocycles. The number of carbonyl (C=O) groups is 1. The van der Waals surface area contributed by atoms with Crippen molar-refractivity contribution in [2.75, 3.05) is 13.1 Å². The number of imidazole rings is 1. The van der Waals surface area contributed by atoms with Crippen LogP contribution in [-0.2, 0) is 13.1 Å². The number of aryl methyl sites for hydroxylation is 2. The van der Waals surface area contributed by atoms with Crippen molar-refractivity contribution in [3.63, 3.8) is 0 Å². The minimum absolute atomic E-state index is 0.0752. The van der Waals surface area contributed by atoms with Crippen LogP contribution < -0.4 is 0 Å². The third-order valence-corrected chi connectivity index (χ3v) is 5.01. The van der Waals surface area contributed by atoms with Crippen molar-refractivity contribution in [2.45, 2.75) is 26.9 Å². The zero-order valence-corrected chi connectivity index (χ0v) is 15.2. The Morgan fingerprint density at radius 3 is 2.69 bits per heavy atom. The lowest BCUT2D eigenvalue weighted by atomic mass is 9.99. The van der Waals surface area contributed by atoms with Gasteiger partial charge in [0.1, 0.15) is 11.5 Å². The van der Waals surface area contributed by atoms with Gasteiger partial charge in [-0.3, -0.25) is 9.48 Å². The van der Waals surface area contributed by atoms with Crippen molar-refractivity contribution < 1.29 is 4.79 Å². The molecule has 134 valence electrons. The molecule has 0 radical (unpaired) electrons. The maximum Gasteiger partial charge on any atom is 0.272 e. The van der Waals surface area contributed by atoms with E-state index in [4.69, 9.17) is 0 Å². The molecule has 0 aliphatic carbocycles. The van der Waals surface area contributed by atoms with Gasteiger partial charge >= 0.3 is 0 Å². The van der Waals surface area contributed by atoms with Gasteiger partial charge < -0.3 is 9.47 Å². The van der Waals surface area contributed by atoms with Crippen LogP contribution in [0.1, 0.15) is 23.1 Å². The van der Waals surface area contributed by atoms with Crippen molar-refractivity contribution >= 4 is 5.91 Å². The van der Waals surface area contributed by atoms with Crippen molar-refractivity contribution in [1.82, 2.24) is 24.2 Å². The molecule has 0 saturated carbocycles. The van der Waals surface area contributed by atoms with E-state index < -0.39 is 0 Å². The SMILES string of the molecule is CCn1nccc1C(=O)N1CC(Cn2c(C)cnc2-c2ccccc2)C1. The van der Waals surface area contributed by atoms with Crippen molar-refractivity contribution in [3.05, 3.63) is 60.2 Å². The second-order valence-electron chi connectivity index (χ2n) is 6.81. The van der Waals surface area contributed by atoms with E-state index in [1.165, 1.54) is 0 Å². The molecule has 6 nitrogen and oxygen atoms in total. The lowest BCUT2D eigenvalue weighted by Crippen LogP contribution is -2.51. The molecule has 4 rings (SSSR count). The van der Waals surface area contributed by atoms with E-state index in [9.17, 15) is 4.79 Å². The van der Waals surface area contributed by atoms with E-state index >= 15 is 0 Å². The van der Waals surface area contributed by atoms with Gasteiger partial charge in [-0.25, -0.2) is 4.98 Å². The van der Waals surface area contributed by atoms with E-state index in [2.05, 4.69) is 33.7 Å². The van der Waals surface area contributed by atoms with E-state index in [0.717, 1.165) is 36.7 Å². The fourth-order valence-electron chi connectivity index (χ4n) is 3.55. The van der Waals surface area contributed by atoms with E-state index in [0.29, 0.717) is 18.2 Å². The van der Waals surface area contributed by atoms with Gasteiger partial charge in [0.2, 0.25) is 0 Å². The maximum atomic E-state index is 12.6. The summed E-state index contributed by atoms with van der Waals surface area (Å²) < 4.78 is 4.02. The van der Waals surface area contributed by atoms with E-state index in [-0.39, 0.29) is 5.91 Å². The highest BCUT2D eigenvalue weighted by Crippen LogP contribution is 2.25. The number of nitrogens with zero attached hydrogens (tertiary/aromatic N) is 5. The topological polar surface area (TPSA) is 56.0 Å². The Bertz CT molecular complexity index is 905. The first-order chi connectivity index (χ1) is 12.7. The zero-order chi connectivity index (χ0) is 18.1. The average Bonchev–Trinajstić information content (AvgIpc) is 3.24. The summed E-state index contributed by atoms with van der Waals surface area (Å²) in [6.45, 7) is 7.22. The van der Waals surface area contributed by atoms with Gasteiger partial charge in [-0.1, -0.05) is 30.3 Å². The minimum Gasteiger partial charge on any atom is -0.336 e.